The van der Waals surface area contributed by atoms with Crippen molar-refractivity contribution in [3.63, 3.8) is 0 Å². The molecule has 20 heavy (non-hydrogen) atoms. The third-order valence-electron chi connectivity index (χ3n) is 2.51. The predicted molar refractivity (Wildman–Crippen MR) is 74.8 cm³/mol. The van der Waals surface area contributed by atoms with Gasteiger partial charge in [-0.05, 0) is 11.6 Å². The van der Waals surface area contributed by atoms with Gasteiger partial charge in [0.05, 0.1) is 13.7 Å². The van der Waals surface area contributed by atoms with E-state index in [1.165, 1.54) is 11.3 Å². The summed E-state index contributed by atoms with van der Waals surface area (Å²) < 4.78 is 10.00. The number of aromatic nitrogens is 2. The molecular weight excluding hydrogens is 278 g/mol. The number of nitrogens with one attached hydrogen (secondary N) is 1. The molecule has 2 rings (SSSR count). The molecule has 0 aliphatic carbocycles. The van der Waals surface area contributed by atoms with E-state index in [1.807, 2.05) is 6.07 Å². The molecule has 0 saturated carbocycles. The van der Waals surface area contributed by atoms with Gasteiger partial charge >= 0.3 is 0 Å². The molecule has 2 aromatic rings. The van der Waals surface area contributed by atoms with Crippen LogP contribution in [0.25, 0.3) is 0 Å². The molecule has 1 amide bonds. The van der Waals surface area contributed by atoms with Crippen LogP contribution in [0.2, 0.25) is 0 Å². The van der Waals surface area contributed by atoms with E-state index in [2.05, 4.69) is 15.3 Å². The van der Waals surface area contributed by atoms with Crippen molar-refractivity contribution in [3.8, 4) is 5.88 Å². The molecule has 7 heteroatoms. The Hall–Kier alpha value is -1.99. The number of rotatable bonds is 6. The number of nitrogens with zero attached hydrogens (tertiary/aromatic N) is 2. The number of carbonyl (C=O) groups is 1. The summed E-state index contributed by atoms with van der Waals surface area (Å²) in [5, 5.41) is 5.30. The molecule has 106 valence electrons. The Morgan fingerprint density at radius 2 is 2.30 bits per heavy atom. The maximum Gasteiger partial charge on any atom is 0.271 e. The van der Waals surface area contributed by atoms with E-state index < -0.39 is 0 Å². The molecule has 0 saturated heterocycles. The molecule has 1 N–H and O–H groups in total. The number of amides is 1. The molecule has 0 radical (unpaired) electrons. The van der Waals surface area contributed by atoms with E-state index in [1.54, 1.807) is 31.9 Å². The Morgan fingerprint density at radius 1 is 1.45 bits per heavy atom. The second-order valence-electron chi connectivity index (χ2n) is 3.95. The van der Waals surface area contributed by atoms with Crippen molar-refractivity contribution in [1.29, 1.82) is 0 Å². The highest BCUT2D eigenvalue weighted by Crippen LogP contribution is 2.11. The zero-order valence-electron chi connectivity index (χ0n) is 11.3. The Balaban J connectivity index is 1.93. The van der Waals surface area contributed by atoms with Gasteiger partial charge in [-0.25, -0.2) is 9.97 Å². The van der Waals surface area contributed by atoms with E-state index in [0.29, 0.717) is 24.7 Å². The lowest BCUT2D eigenvalue weighted by atomic mass is 10.2. The van der Waals surface area contributed by atoms with Crippen molar-refractivity contribution in [2.75, 3.05) is 14.2 Å². The first kappa shape index (κ1) is 14.4. The van der Waals surface area contributed by atoms with Crippen LogP contribution in [-0.4, -0.2) is 30.1 Å². The third kappa shape index (κ3) is 3.75. The van der Waals surface area contributed by atoms with Crippen molar-refractivity contribution in [2.24, 2.45) is 0 Å². The standard InChI is InChI=1S/C13H15N3O3S/c1-18-7-12-16-10(8-20-12)13(17)15-6-9-3-4-14-11(5-9)19-2/h3-5,8H,6-7H2,1-2H3,(H,15,17). The van der Waals surface area contributed by atoms with Crippen molar-refractivity contribution >= 4 is 17.2 Å². The van der Waals surface area contributed by atoms with Gasteiger partial charge in [-0.3, -0.25) is 4.79 Å². The summed E-state index contributed by atoms with van der Waals surface area (Å²) in [5.74, 6) is 0.312. The summed E-state index contributed by atoms with van der Waals surface area (Å²) in [5.41, 5.74) is 1.32. The lowest BCUT2D eigenvalue weighted by molar-refractivity contribution is 0.0946. The van der Waals surface area contributed by atoms with Gasteiger partial charge in [0, 0.05) is 31.3 Å². The maximum absolute atomic E-state index is 11.9. The van der Waals surface area contributed by atoms with Crippen LogP contribution in [-0.2, 0) is 17.9 Å². The van der Waals surface area contributed by atoms with Crippen LogP contribution in [0.4, 0.5) is 0 Å². The number of methoxy groups -OCH3 is 2. The molecule has 0 fully saturated rings. The van der Waals surface area contributed by atoms with Crippen LogP contribution in [0.5, 0.6) is 5.88 Å². The second-order valence-corrected chi connectivity index (χ2v) is 4.89. The zero-order chi connectivity index (χ0) is 14.4. The van der Waals surface area contributed by atoms with Crippen molar-refractivity contribution < 1.29 is 14.3 Å². The number of hydrogen-bond donors (Lipinski definition) is 1. The first-order chi connectivity index (χ1) is 9.72. The molecule has 0 atom stereocenters. The number of pyridine rings is 1. The first-order valence-corrected chi connectivity index (χ1v) is 6.81. The molecule has 0 spiro atoms. The second kappa shape index (κ2) is 6.97. The Bertz CT molecular complexity index is 586. The minimum Gasteiger partial charge on any atom is -0.481 e. The summed E-state index contributed by atoms with van der Waals surface area (Å²) in [6, 6.07) is 3.60. The van der Waals surface area contributed by atoms with E-state index in [4.69, 9.17) is 9.47 Å². The van der Waals surface area contributed by atoms with Gasteiger partial charge in [0.1, 0.15) is 10.7 Å². The van der Waals surface area contributed by atoms with Crippen LogP contribution in [0, 0.1) is 0 Å². The Kier molecular flexibility index (Phi) is 5.03. The van der Waals surface area contributed by atoms with Crippen molar-refractivity contribution in [2.45, 2.75) is 13.2 Å². The van der Waals surface area contributed by atoms with Crippen LogP contribution in [0.1, 0.15) is 21.1 Å². The third-order valence-corrected chi connectivity index (χ3v) is 3.34. The SMILES string of the molecule is COCc1nc(C(=O)NCc2ccnc(OC)c2)cs1. The molecule has 0 aromatic carbocycles. The summed E-state index contributed by atoms with van der Waals surface area (Å²) >= 11 is 1.40. The summed E-state index contributed by atoms with van der Waals surface area (Å²) in [6.07, 6.45) is 1.64. The Morgan fingerprint density at radius 3 is 3.05 bits per heavy atom. The van der Waals surface area contributed by atoms with E-state index in [0.717, 1.165) is 10.6 Å². The highest BCUT2D eigenvalue weighted by molar-refractivity contribution is 7.09. The highest BCUT2D eigenvalue weighted by atomic mass is 32.1. The van der Waals surface area contributed by atoms with Crippen LogP contribution >= 0.6 is 11.3 Å². The summed E-state index contributed by atoms with van der Waals surface area (Å²) in [7, 11) is 3.15. The van der Waals surface area contributed by atoms with Gasteiger partial charge < -0.3 is 14.8 Å². The minimum absolute atomic E-state index is 0.209. The largest absolute Gasteiger partial charge is 0.481 e. The van der Waals surface area contributed by atoms with Gasteiger partial charge in [0.25, 0.3) is 5.91 Å². The van der Waals surface area contributed by atoms with Crippen LogP contribution < -0.4 is 10.1 Å². The molecule has 2 aromatic heterocycles. The topological polar surface area (TPSA) is 73.3 Å². The predicted octanol–water partition coefficient (Wildman–Crippen LogP) is 1.62. The average Bonchev–Trinajstić information content (AvgIpc) is 2.94. The fraction of sp³-hybridized carbons (Fsp3) is 0.308. The van der Waals surface area contributed by atoms with E-state index >= 15 is 0 Å². The number of carbonyl (C=O) groups excluding carboxylic acids is 1. The molecule has 0 bridgehead atoms. The minimum atomic E-state index is -0.209. The van der Waals surface area contributed by atoms with Crippen LogP contribution in [0.3, 0.4) is 0 Å². The highest BCUT2D eigenvalue weighted by Gasteiger charge is 2.10. The normalized spacial score (nSPS) is 10.3. The van der Waals surface area contributed by atoms with Crippen molar-refractivity contribution in [3.05, 3.63) is 40.0 Å². The number of hydrogen-bond acceptors (Lipinski definition) is 6. The molecule has 0 aliphatic heterocycles. The van der Waals surface area contributed by atoms with Crippen molar-refractivity contribution in [1.82, 2.24) is 15.3 Å². The van der Waals surface area contributed by atoms with Crippen LogP contribution in [0.15, 0.2) is 23.7 Å². The average molecular weight is 293 g/mol. The first-order valence-electron chi connectivity index (χ1n) is 5.93. The maximum atomic E-state index is 11.9. The summed E-state index contributed by atoms with van der Waals surface area (Å²) in [4.78, 5) is 20.1. The molecule has 6 nitrogen and oxygen atoms in total. The molecular formula is C13H15N3O3S. The fourth-order valence-electron chi connectivity index (χ4n) is 1.55. The number of ether oxygens (including phenoxy) is 2. The number of thiazole rings is 1. The lowest BCUT2D eigenvalue weighted by Crippen LogP contribution is -2.23. The quantitative estimate of drug-likeness (QED) is 0.876. The zero-order valence-corrected chi connectivity index (χ0v) is 12.1. The molecule has 2 heterocycles. The van der Waals surface area contributed by atoms with Gasteiger partial charge in [-0.2, -0.15) is 0 Å². The van der Waals surface area contributed by atoms with E-state index in [9.17, 15) is 4.79 Å². The monoisotopic (exact) mass is 293 g/mol. The molecule has 0 unspecified atom stereocenters. The van der Waals surface area contributed by atoms with E-state index in [-0.39, 0.29) is 5.91 Å². The smallest absolute Gasteiger partial charge is 0.271 e. The van der Waals surface area contributed by atoms with Gasteiger partial charge in [-0.15, -0.1) is 11.3 Å². The van der Waals surface area contributed by atoms with Gasteiger partial charge in [0.2, 0.25) is 5.88 Å². The van der Waals surface area contributed by atoms with Gasteiger partial charge in [-0.1, -0.05) is 0 Å². The summed E-state index contributed by atoms with van der Waals surface area (Å²) in [6.45, 7) is 0.814. The fourth-order valence-corrected chi connectivity index (χ4v) is 2.29. The Labute approximate surface area is 120 Å². The molecule has 0 aliphatic rings. The lowest BCUT2D eigenvalue weighted by Gasteiger charge is -2.05. The van der Waals surface area contributed by atoms with Gasteiger partial charge in [0.15, 0.2) is 0 Å².